The molecule has 0 bridgehead atoms. The number of hydrogen-bond acceptors (Lipinski definition) is 3. The first-order valence-corrected chi connectivity index (χ1v) is 5.99. The Labute approximate surface area is 116 Å². The van der Waals surface area contributed by atoms with Crippen LogP contribution in [0.4, 0.5) is 18.9 Å². The van der Waals surface area contributed by atoms with E-state index in [-0.39, 0.29) is 16.7 Å². The smallest absolute Gasteiger partial charge is 0.370 e. The van der Waals surface area contributed by atoms with E-state index in [1.165, 1.54) is 19.2 Å². The average molecular weight is 341 g/mol. The van der Waals surface area contributed by atoms with Crippen molar-refractivity contribution in [3.63, 3.8) is 0 Å². The SMILES string of the molecule is COC(CN)C(=O)Nc1ccc(Br)c(C(F)(F)F)c1. The lowest BCUT2D eigenvalue weighted by molar-refractivity contribution is -0.138. The normalized spacial score (nSPS) is 13.2. The van der Waals surface area contributed by atoms with E-state index in [9.17, 15) is 18.0 Å². The molecule has 0 saturated carbocycles. The van der Waals surface area contributed by atoms with Crippen LogP contribution in [-0.2, 0) is 15.7 Å². The molecule has 0 aliphatic carbocycles. The molecule has 1 aromatic carbocycles. The van der Waals surface area contributed by atoms with E-state index < -0.39 is 23.8 Å². The summed E-state index contributed by atoms with van der Waals surface area (Å²) >= 11 is 2.81. The summed E-state index contributed by atoms with van der Waals surface area (Å²) in [6.07, 6.45) is -5.41. The Morgan fingerprint density at radius 2 is 2.16 bits per heavy atom. The van der Waals surface area contributed by atoms with Crippen LogP contribution in [0.15, 0.2) is 22.7 Å². The highest BCUT2D eigenvalue weighted by molar-refractivity contribution is 9.10. The van der Waals surface area contributed by atoms with Crippen molar-refractivity contribution in [3.8, 4) is 0 Å². The van der Waals surface area contributed by atoms with Gasteiger partial charge < -0.3 is 15.8 Å². The van der Waals surface area contributed by atoms with Crippen LogP contribution in [0.1, 0.15) is 5.56 Å². The number of benzene rings is 1. The minimum Gasteiger partial charge on any atom is -0.370 e. The zero-order chi connectivity index (χ0) is 14.6. The quantitative estimate of drug-likeness (QED) is 0.884. The number of carbonyl (C=O) groups is 1. The maximum atomic E-state index is 12.7. The first kappa shape index (κ1) is 15.9. The fourth-order valence-electron chi connectivity index (χ4n) is 1.35. The Balaban J connectivity index is 2.95. The van der Waals surface area contributed by atoms with E-state index in [0.29, 0.717) is 0 Å². The van der Waals surface area contributed by atoms with E-state index in [2.05, 4.69) is 21.2 Å². The van der Waals surface area contributed by atoms with Crippen LogP contribution in [-0.4, -0.2) is 25.7 Å². The highest BCUT2D eigenvalue weighted by atomic mass is 79.9. The summed E-state index contributed by atoms with van der Waals surface area (Å²) in [5, 5.41) is 2.32. The predicted molar refractivity (Wildman–Crippen MR) is 67.6 cm³/mol. The van der Waals surface area contributed by atoms with Gasteiger partial charge in [-0.2, -0.15) is 13.2 Å². The summed E-state index contributed by atoms with van der Waals surface area (Å²) in [5.41, 5.74) is 4.44. The maximum Gasteiger partial charge on any atom is 0.417 e. The second kappa shape index (κ2) is 6.36. The monoisotopic (exact) mass is 340 g/mol. The van der Waals surface area contributed by atoms with Crippen LogP contribution in [0.5, 0.6) is 0 Å². The van der Waals surface area contributed by atoms with Crippen LogP contribution in [0, 0.1) is 0 Å². The van der Waals surface area contributed by atoms with Crippen LogP contribution in [0.2, 0.25) is 0 Å². The Bertz CT molecular complexity index is 462. The van der Waals surface area contributed by atoms with Crippen molar-refractivity contribution in [2.75, 3.05) is 19.0 Å². The summed E-state index contributed by atoms with van der Waals surface area (Å²) in [6.45, 7) is -0.0645. The number of halogens is 4. The lowest BCUT2D eigenvalue weighted by Crippen LogP contribution is -2.35. The molecule has 1 amide bonds. The fraction of sp³-hybridized carbons (Fsp3) is 0.364. The molecular formula is C11H12BrF3N2O2. The lowest BCUT2D eigenvalue weighted by Gasteiger charge is -2.15. The van der Waals surface area contributed by atoms with Crippen molar-refractivity contribution in [1.82, 2.24) is 0 Å². The molecule has 0 aromatic heterocycles. The average Bonchev–Trinajstić information content (AvgIpc) is 2.31. The van der Waals surface area contributed by atoms with Gasteiger partial charge >= 0.3 is 6.18 Å². The minimum atomic E-state index is -4.51. The van der Waals surface area contributed by atoms with Gasteiger partial charge in [0.05, 0.1) is 5.56 Å². The number of amides is 1. The van der Waals surface area contributed by atoms with E-state index in [1.807, 2.05) is 0 Å². The number of carbonyl (C=O) groups excluding carboxylic acids is 1. The Kier molecular flexibility index (Phi) is 5.33. The molecule has 8 heteroatoms. The van der Waals surface area contributed by atoms with Crippen molar-refractivity contribution in [2.45, 2.75) is 12.3 Å². The van der Waals surface area contributed by atoms with E-state index in [0.717, 1.165) is 6.07 Å². The van der Waals surface area contributed by atoms with Crippen molar-refractivity contribution >= 4 is 27.5 Å². The van der Waals surface area contributed by atoms with E-state index in [1.54, 1.807) is 0 Å². The molecular weight excluding hydrogens is 329 g/mol. The molecule has 3 N–H and O–H groups in total. The molecule has 0 aliphatic heterocycles. The summed E-state index contributed by atoms with van der Waals surface area (Å²) < 4.78 is 42.7. The largest absolute Gasteiger partial charge is 0.417 e. The summed E-state index contributed by atoms with van der Waals surface area (Å²) in [7, 11) is 1.29. The van der Waals surface area contributed by atoms with Crippen LogP contribution >= 0.6 is 15.9 Å². The zero-order valence-corrected chi connectivity index (χ0v) is 11.5. The van der Waals surface area contributed by atoms with Gasteiger partial charge in [0.25, 0.3) is 5.91 Å². The Morgan fingerprint density at radius 3 is 2.63 bits per heavy atom. The molecule has 0 heterocycles. The van der Waals surface area contributed by atoms with Crippen LogP contribution < -0.4 is 11.1 Å². The Morgan fingerprint density at radius 1 is 1.53 bits per heavy atom. The molecule has 106 valence electrons. The molecule has 0 radical (unpaired) electrons. The molecule has 1 rings (SSSR count). The lowest BCUT2D eigenvalue weighted by atomic mass is 10.2. The number of anilines is 1. The molecule has 0 saturated heterocycles. The number of hydrogen-bond donors (Lipinski definition) is 2. The van der Waals surface area contributed by atoms with Gasteiger partial charge in [0.15, 0.2) is 0 Å². The van der Waals surface area contributed by atoms with Gasteiger partial charge in [0, 0.05) is 23.8 Å². The molecule has 19 heavy (non-hydrogen) atoms. The first-order valence-electron chi connectivity index (χ1n) is 5.20. The van der Waals surface area contributed by atoms with E-state index in [4.69, 9.17) is 10.5 Å². The number of nitrogens with one attached hydrogen (secondary N) is 1. The van der Waals surface area contributed by atoms with E-state index >= 15 is 0 Å². The number of nitrogens with two attached hydrogens (primary N) is 1. The summed E-state index contributed by atoms with van der Waals surface area (Å²) in [6, 6.07) is 3.40. The van der Waals surface area contributed by atoms with Crippen LogP contribution in [0.25, 0.3) is 0 Å². The highest BCUT2D eigenvalue weighted by Gasteiger charge is 2.33. The molecule has 1 unspecified atom stereocenters. The van der Waals surface area contributed by atoms with Gasteiger partial charge in [0.1, 0.15) is 6.10 Å². The van der Waals surface area contributed by atoms with Gasteiger partial charge in [-0.05, 0) is 18.2 Å². The molecule has 0 fully saturated rings. The van der Waals surface area contributed by atoms with Crippen molar-refractivity contribution in [1.29, 1.82) is 0 Å². The second-order valence-electron chi connectivity index (χ2n) is 3.64. The van der Waals surface area contributed by atoms with Gasteiger partial charge in [-0.3, -0.25) is 4.79 Å². The van der Waals surface area contributed by atoms with Crippen molar-refractivity contribution in [3.05, 3.63) is 28.2 Å². The third kappa shape index (κ3) is 4.19. The van der Waals surface area contributed by atoms with Gasteiger partial charge in [-0.15, -0.1) is 0 Å². The number of ether oxygens (including phenoxy) is 1. The molecule has 1 aromatic rings. The molecule has 1 atom stereocenters. The van der Waals surface area contributed by atoms with Crippen molar-refractivity contribution < 1.29 is 22.7 Å². The zero-order valence-electron chi connectivity index (χ0n) is 9.92. The second-order valence-corrected chi connectivity index (χ2v) is 4.50. The highest BCUT2D eigenvalue weighted by Crippen LogP contribution is 2.36. The number of methoxy groups -OCH3 is 1. The summed E-state index contributed by atoms with van der Waals surface area (Å²) in [5.74, 6) is -0.597. The minimum absolute atomic E-state index is 0.0241. The first-order chi connectivity index (χ1) is 8.79. The standard InChI is InChI=1S/C11H12BrF3N2O2/c1-19-9(5-16)10(18)17-6-2-3-8(12)7(4-6)11(13,14)15/h2-4,9H,5,16H2,1H3,(H,17,18). The van der Waals surface area contributed by atoms with Gasteiger partial charge in [0.2, 0.25) is 0 Å². The van der Waals surface area contributed by atoms with Gasteiger partial charge in [-0.1, -0.05) is 15.9 Å². The Hall–Kier alpha value is -1.12. The maximum absolute atomic E-state index is 12.7. The predicted octanol–water partition coefficient (Wildman–Crippen LogP) is 2.38. The molecule has 0 spiro atoms. The fourth-order valence-corrected chi connectivity index (χ4v) is 1.82. The molecule has 4 nitrogen and oxygen atoms in total. The topological polar surface area (TPSA) is 64.3 Å². The number of alkyl halides is 3. The van der Waals surface area contributed by atoms with Gasteiger partial charge in [-0.25, -0.2) is 0 Å². The van der Waals surface area contributed by atoms with Crippen LogP contribution in [0.3, 0.4) is 0 Å². The molecule has 0 aliphatic rings. The third-order valence-corrected chi connectivity index (χ3v) is 3.02. The number of rotatable bonds is 4. The third-order valence-electron chi connectivity index (χ3n) is 2.33. The van der Waals surface area contributed by atoms with Crippen molar-refractivity contribution in [2.24, 2.45) is 5.73 Å². The summed E-state index contributed by atoms with van der Waals surface area (Å²) in [4.78, 5) is 11.6.